The highest BCUT2D eigenvalue weighted by Crippen LogP contribution is 2.53. The van der Waals surface area contributed by atoms with E-state index in [1.54, 1.807) is 7.11 Å². The third-order valence-electron chi connectivity index (χ3n) is 10.3. The Morgan fingerprint density at radius 1 is 0.723 bits per heavy atom. The number of methoxy groups -OCH3 is 1. The molecule has 1 fully saturated rings. The van der Waals surface area contributed by atoms with Crippen molar-refractivity contribution in [2.45, 2.75) is 189 Å². The van der Waals surface area contributed by atoms with E-state index in [-0.39, 0.29) is 39.0 Å². The maximum Gasteiger partial charge on any atom is 0.508 e. The SMILES string of the molecule is C=CCOC(=O)OC[C@H]1OC(OC(=N)C(Cl)(Cl)Cl)[C@H](OC(=O)CCCCCCCCC/C=C\CCCCCC)[C@@H](OCC[C@@H](CCCCCCC)OC)[C@@H]1OP(=O)(OCC=C)OCC=C. The number of halogens is 3. The van der Waals surface area contributed by atoms with Crippen LogP contribution in [0.2, 0.25) is 0 Å². The zero-order valence-electron chi connectivity index (χ0n) is 39.2. The summed E-state index contributed by atoms with van der Waals surface area (Å²) in [6.07, 6.45) is 20.4. The van der Waals surface area contributed by atoms with Gasteiger partial charge < -0.3 is 33.2 Å². The van der Waals surface area contributed by atoms with E-state index in [0.29, 0.717) is 12.8 Å². The van der Waals surface area contributed by atoms with Gasteiger partial charge >= 0.3 is 19.9 Å². The predicted octanol–water partition coefficient (Wildman–Crippen LogP) is 13.4. The molecule has 0 spiro atoms. The lowest BCUT2D eigenvalue weighted by molar-refractivity contribution is -0.292. The fourth-order valence-corrected chi connectivity index (χ4v) is 8.29. The number of hydrogen-bond acceptors (Lipinski definition) is 14. The molecule has 0 amide bonds. The maximum absolute atomic E-state index is 14.2. The number of phosphoric ester groups is 1. The van der Waals surface area contributed by atoms with Crippen LogP contribution in [0.1, 0.15) is 149 Å². The lowest BCUT2D eigenvalue weighted by Crippen LogP contribution is -2.62. The monoisotopic (exact) mass is 1000 g/mol. The standard InChI is InChI=1S/C47H79Cl3NO13P/c1-7-12-14-16-17-18-19-20-21-22-23-24-25-27-29-31-40(52)62-43-42(56-36-32-38(55-6)30-28-26-15-13-8-2)41(64-65(54,59-34-10-4)60-35-11-5)39(37-58-46(53)57-33-9-3)61-44(43)63-45(51)47(48,49)50/h9-11,18-19,38-39,41-44,51H,3-5,7-8,12-17,20-37H2,1-2,6H3/b19-18-,51-45?/t38-,39-,41-,42+,43-,44?/m1/s1. The van der Waals surface area contributed by atoms with Crippen molar-refractivity contribution in [1.82, 2.24) is 0 Å². The van der Waals surface area contributed by atoms with Gasteiger partial charge in [-0.25, -0.2) is 9.36 Å². The quantitative estimate of drug-likeness (QED) is 0.0117. The average molecular weight is 1000 g/mol. The molecule has 0 saturated carbocycles. The minimum atomic E-state index is -4.53. The summed E-state index contributed by atoms with van der Waals surface area (Å²) >= 11 is 18.1. The van der Waals surface area contributed by atoms with Crippen LogP contribution < -0.4 is 0 Å². The van der Waals surface area contributed by atoms with Crippen LogP contribution in [0, 0.1) is 5.41 Å². The number of unbranched alkanes of at least 4 members (excludes halogenated alkanes) is 15. The van der Waals surface area contributed by atoms with Crippen LogP contribution in [0.3, 0.4) is 0 Å². The van der Waals surface area contributed by atoms with Crippen LogP contribution in [-0.2, 0) is 56.1 Å². The van der Waals surface area contributed by atoms with Crippen molar-refractivity contribution in [1.29, 1.82) is 5.41 Å². The van der Waals surface area contributed by atoms with E-state index >= 15 is 0 Å². The number of carbonyl (C=O) groups excluding carboxylic acids is 2. The number of hydrogen-bond donors (Lipinski definition) is 1. The molecule has 1 N–H and O–H groups in total. The number of nitrogens with one attached hydrogen (secondary N) is 1. The number of allylic oxidation sites excluding steroid dienone is 2. The Labute approximate surface area is 404 Å². The predicted molar refractivity (Wildman–Crippen MR) is 258 cm³/mol. The van der Waals surface area contributed by atoms with Gasteiger partial charge in [-0.15, -0.1) is 13.2 Å². The molecule has 0 bridgehead atoms. The van der Waals surface area contributed by atoms with Crippen molar-refractivity contribution in [3.63, 3.8) is 0 Å². The largest absolute Gasteiger partial charge is 0.508 e. The Kier molecular flexibility index (Phi) is 35.6. The van der Waals surface area contributed by atoms with E-state index in [0.717, 1.165) is 89.9 Å². The van der Waals surface area contributed by atoms with Crippen molar-refractivity contribution in [3.8, 4) is 0 Å². The van der Waals surface area contributed by atoms with Gasteiger partial charge in [0, 0.05) is 20.1 Å². The van der Waals surface area contributed by atoms with Crippen molar-refractivity contribution in [3.05, 3.63) is 50.1 Å². The summed E-state index contributed by atoms with van der Waals surface area (Å²) in [5, 5.41) is 8.43. The van der Waals surface area contributed by atoms with E-state index in [2.05, 4.69) is 45.7 Å². The van der Waals surface area contributed by atoms with Crippen molar-refractivity contribution in [2.24, 2.45) is 0 Å². The highest BCUT2D eigenvalue weighted by Gasteiger charge is 2.55. The molecule has 65 heavy (non-hydrogen) atoms. The third kappa shape index (κ3) is 28.8. The van der Waals surface area contributed by atoms with E-state index in [9.17, 15) is 14.2 Å². The fraction of sp³-hybridized carbons (Fsp3) is 0.766. The maximum atomic E-state index is 14.2. The summed E-state index contributed by atoms with van der Waals surface area (Å²) in [6.45, 7) is 13.9. The molecule has 1 aliphatic rings. The van der Waals surface area contributed by atoms with Gasteiger partial charge in [0.2, 0.25) is 12.2 Å². The smallest absolute Gasteiger partial charge is 0.453 e. The Balaban J connectivity index is 3.39. The van der Waals surface area contributed by atoms with Gasteiger partial charge in [0.15, 0.2) is 6.10 Å². The molecule has 0 aromatic rings. The summed E-state index contributed by atoms with van der Waals surface area (Å²) < 4.78 is 69.7. The molecule has 18 heteroatoms. The van der Waals surface area contributed by atoms with Gasteiger partial charge in [0.25, 0.3) is 3.79 Å². The van der Waals surface area contributed by atoms with Gasteiger partial charge in [-0.2, -0.15) is 0 Å². The van der Waals surface area contributed by atoms with Crippen LogP contribution in [0.25, 0.3) is 0 Å². The molecule has 1 saturated heterocycles. The van der Waals surface area contributed by atoms with Gasteiger partial charge in [0.05, 0.1) is 19.3 Å². The van der Waals surface area contributed by atoms with Crippen LogP contribution in [0.5, 0.6) is 0 Å². The molecule has 0 aromatic heterocycles. The normalized spacial score (nSPS) is 19.4. The second kappa shape index (κ2) is 37.9. The molecule has 376 valence electrons. The number of ether oxygens (including phenoxy) is 7. The average Bonchev–Trinajstić information content (AvgIpc) is 3.28. The molecule has 14 nitrogen and oxygen atoms in total. The molecule has 1 aliphatic heterocycles. The zero-order chi connectivity index (χ0) is 48.2. The first-order valence-corrected chi connectivity index (χ1v) is 26.0. The molecular weight excluding hydrogens is 924 g/mol. The number of alkyl halides is 3. The van der Waals surface area contributed by atoms with Crippen molar-refractivity contribution < 1.29 is 60.9 Å². The molecule has 1 rings (SSSR count). The van der Waals surface area contributed by atoms with E-state index < -0.39 is 67.0 Å². The Bertz CT molecular complexity index is 1390. The number of esters is 1. The molecule has 6 atom stereocenters. The fourth-order valence-electron chi connectivity index (χ4n) is 6.83. The number of carbonyl (C=O) groups is 2. The van der Waals surface area contributed by atoms with Crippen molar-refractivity contribution >= 4 is 60.6 Å². The first-order valence-electron chi connectivity index (χ1n) is 23.4. The van der Waals surface area contributed by atoms with Gasteiger partial charge in [0.1, 0.15) is 31.5 Å². The number of phosphoric acid groups is 1. The van der Waals surface area contributed by atoms with Gasteiger partial charge in [-0.1, -0.05) is 169 Å². The van der Waals surface area contributed by atoms with E-state index in [4.69, 9.17) is 86.9 Å². The van der Waals surface area contributed by atoms with E-state index in [1.165, 1.54) is 43.9 Å². The van der Waals surface area contributed by atoms with E-state index in [1.807, 2.05) is 0 Å². The first kappa shape index (κ1) is 61.0. The lowest BCUT2D eigenvalue weighted by Gasteiger charge is -2.45. The number of rotatable bonds is 40. The minimum absolute atomic E-state index is 0.0102. The topological polar surface area (TPSA) is 167 Å². The molecule has 0 aromatic carbocycles. The van der Waals surface area contributed by atoms with Gasteiger partial charge in [-0.05, 0) is 44.9 Å². The summed E-state index contributed by atoms with van der Waals surface area (Å²) in [5.41, 5.74) is 0. The second-order valence-electron chi connectivity index (χ2n) is 15.8. The van der Waals surface area contributed by atoms with Crippen LogP contribution >= 0.6 is 42.6 Å². The minimum Gasteiger partial charge on any atom is -0.453 e. The highest BCUT2D eigenvalue weighted by molar-refractivity contribution is 7.48. The van der Waals surface area contributed by atoms with Crippen LogP contribution in [-0.4, -0.2) is 98.8 Å². The second-order valence-corrected chi connectivity index (χ2v) is 19.7. The zero-order valence-corrected chi connectivity index (χ0v) is 42.4. The first-order chi connectivity index (χ1) is 31.3. The molecule has 1 heterocycles. The summed E-state index contributed by atoms with van der Waals surface area (Å²) in [5.74, 6) is -1.51. The van der Waals surface area contributed by atoms with Gasteiger partial charge in [-0.3, -0.25) is 23.8 Å². The summed E-state index contributed by atoms with van der Waals surface area (Å²) in [6, 6.07) is 0. The molecule has 0 radical (unpaired) electrons. The summed E-state index contributed by atoms with van der Waals surface area (Å²) in [4.78, 5) is 26.3. The molecule has 1 unspecified atom stereocenters. The van der Waals surface area contributed by atoms with Crippen LogP contribution in [0.15, 0.2) is 50.1 Å². The van der Waals surface area contributed by atoms with Crippen molar-refractivity contribution in [2.75, 3.05) is 40.1 Å². The third-order valence-corrected chi connectivity index (χ3v) is 12.3. The molecule has 0 aliphatic carbocycles. The Hall–Kier alpha value is -1.97. The Morgan fingerprint density at radius 2 is 1.28 bits per heavy atom. The van der Waals surface area contributed by atoms with Crippen LogP contribution in [0.4, 0.5) is 4.79 Å². The lowest BCUT2D eigenvalue weighted by atomic mass is 9.98. The Morgan fingerprint density at radius 3 is 1.85 bits per heavy atom. The summed E-state index contributed by atoms with van der Waals surface area (Å²) in [7, 11) is -2.91. The highest BCUT2D eigenvalue weighted by atomic mass is 35.6. The molecular formula is C47H79Cl3NO13P.